The third kappa shape index (κ3) is 7.00. The molecule has 0 atom stereocenters. The Morgan fingerprint density at radius 2 is 1.72 bits per heavy atom. The number of hydrogen-bond acceptors (Lipinski definition) is 2. The first-order chi connectivity index (χ1) is 8.86. The zero-order valence-corrected chi connectivity index (χ0v) is 12.1. The van der Waals surface area contributed by atoms with Crippen LogP contribution in [0.2, 0.25) is 0 Å². The number of nitrogens with one attached hydrogen (secondary N) is 1. The second-order valence-corrected chi connectivity index (χ2v) is 5.53. The van der Waals surface area contributed by atoms with E-state index in [0.717, 1.165) is 12.3 Å². The zero-order chi connectivity index (χ0) is 13.1. The molecule has 3 heteroatoms. The van der Waals surface area contributed by atoms with Crippen molar-refractivity contribution in [3.05, 3.63) is 0 Å². The van der Waals surface area contributed by atoms with Gasteiger partial charge in [-0.1, -0.05) is 58.3 Å². The first-order valence-corrected chi connectivity index (χ1v) is 7.90. The maximum atomic E-state index is 5.57. The smallest absolute Gasteiger partial charge is 0.111 e. The highest BCUT2D eigenvalue weighted by Crippen LogP contribution is 2.20. The van der Waals surface area contributed by atoms with Crippen LogP contribution in [-0.4, -0.2) is 11.9 Å². The molecule has 18 heavy (non-hydrogen) atoms. The maximum absolute atomic E-state index is 5.57. The molecule has 3 N–H and O–H groups in total. The lowest BCUT2D eigenvalue weighted by Crippen LogP contribution is -2.32. The number of unbranched alkanes of at least 4 members (excludes halogenated alkanes) is 5. The highest BCUT2D eigenvalue weighted by atomic mass is 15.3. The van der Waals surface area contributed by atoms with Gasteiger partial charge in [-0.05, 0) is 19.3 Å². The number of hydrazine groups is 1. The number of nitrogens with two attached hydrogens (primary N) is 1. The molecule has 0 aromatic heterocycles. The molecule has 0 aliphatic heterocycles. The number of amidine groups is 1. The molecule has 1 aliphatic carbocycles. The Morgan fingerprint density at radius 1 is 1.06 bits per heavy atom. The van der Waals surface area contributed by atoms with E-state index in [1.54, 1.807) is 0 Å². The van der Waals surface area contributed by atoms with Crippen molar-refractivity contribution in [2.24, 2.45) is 10.8 Å². The molecular weight excluding hydrogens is 222 g/mol. The van der Waals surface area contributed by atoms with E-state index < -0.39 is 0 Å². The molecule has 1 aliphatic rings. The van der Waals surface area contributed by atoms with Gasteiger partial charge in [-0.2, -0.15) is 0 Å². The van der Waals surface area contributed by atoms with Crippen LogP contribution in [0.15, 0.2) is 4.99 Å². The van der Waals surface area contributed by atoms with Gasteiger partial charge in [0.15, 0.2) is 0 Å². The molecule has 0 bridgehead atoms. The number of aliphatic imine (C=N–C) groups is 1. The number of hydrogen-bond donors (Lipinski definition) is 2. The van der Waals surface area contributed by atoms with E-state index in [9.17, 15) is 0 Å². The lowest BCUT2D eigenvalue weighted by atomic mass is 9.96. The predicted octanol–water partition coefficient (Wildman–Crippen LogP) is 3.93. The molecule has 0 aromatic rings. The highest BCUT2D eigenvalue weighted by molar-refractivity contribution is 5.81. The van der Waals surface area contributed by atoms with Crippen LogP contribution in [0.1, 0.15) is 84.0 Å². The van der Waals surface area contributed by atoms with Crippen molar-refractivity contribution < 1.29 is 0 Å². The third-order valence-corrected chi connectivity index (χ3v) is 3.85. The summed E-state index contributed by atoms with van der Waals surface area (Å²) in [4.78, 5) is 4.77. The van der Waals surface area contributed by atoms with E-state index >= 15 is 0 Å². The van der Waals surface area contributed by atoms with Crippen molar-refractivity contribution in [1.82, 2.24) is 5.43 Å². The summed E-state index contributed by atoms with van der Waals surface area (Å²) < 4.78 is 0. The van der Waals surface area contributed by atoms with Gasteiger partial charge in [0.1, 0.15) is 5.84 Å². The van der Waals surface area contributed by atoms with Crippen molar-refractivity contribution in [3.63, 3.8) is 0 Å². The standard InChI is InChI=1S/C15H31N3/c1-2-3-4-5-6-10-13-15(18-16)17-14-11-8-7-9-12-14/h14H,2-13,16H2,1H3,(H,17,18). The topological polar surface area (TPSA) is 50.4 Å². The van der Waals surface area contributed by atoms with E-state index in [1.807, 2.05) is 0 Å². The minimum atomic E-state index is 0.532. The van der Waals surface area contributed by atoms with Gasteiger partial charge in [0.25, 0.3) is 0 Å². The molecule has 0 heterocycles. The summed E-state index contributed by atoms with van der Waals surface area (Å²) in [6, 6.07) is 0.532. The summed E-state index contributed by atoms with van der Waals surface area (Å²) in [5, 5.41) is 0. The lowest BCUT2D eigenvalue weighted by Gasteiger charge is -2.19. The second-order valence-electron chi connectivity index (χ2n) is 5.53. The molecular formula is C15H31N3. The van der Waals surface area contributed by atoms with Crippen LogP contribution < -0.4 is 11.3 Å². The van der Waals surface area contributed by atoms with Crippen LogP contribution in [0.3, 0.4) is 0 Å². The molecule has 3 nitrogen and oxygen atoms in total. The molecule has 0 radical (unpaired) electrons. The molecule has 106 valence electrons. The minimum Gasteiger partial charge on any atom is -0.312 e. The van der Waals surface area contributed by atoms with Gasteiger partial charge in [0, 0.05) is 6.42 Å². The average Bonchev–Trinajstić information content (AvgIpc) is 2.42. The summed E-state index contributed by atoms with van der Waals surface area (Å²) in [5.41, 5.74) is 2.80. The Labute approximate surface area is 113 Å². The molecule has 1 rings (SSSR count). The molecule has 1 fully saturated rings. The molecule has 0 spiro atoms. The van der Waals surface area contributed by atoms with Crippen molar-refractivity contribution in [2.75, 3.05) is 0 Å². The summed E-state index contributed by atoms with van der Waals surface area (Å²) in [6.07, 6.45) is 15.5. The largest absolute Gasteiger partial charge is 0.312 e. The Hall–Kier alpha value is -0.570. The Kier molecular flexibility index (Phi) is 8.92. The second kappa shape index (κ2) is 10.4. The average molecular weight is 253 g/mol. The SMILES string of the molecule is CCCCCCCCC(=NC1CCCCC1)NN. The van der Waals surface area contributed by atoms with Crippen molar-refractivity contribution in [1.29, 1.82) is 0 Å². The first-order valence-electron chi connectivity index (χ1n) is 7.90. The van der Waals surface area contributed by atoms with Gasteiger partial charge < -0.3 is 5.43 Å². The van der Waals surface area contributed by atoms with Crippen molar-refractivity contribution >= 4 is 5.84 Å². The maximum Gasteiger partial charge on any atom is 0.111 e. The summed E-state index contributed by atoms with van der Waals surface area (Å²) >= 11 is 0. The molecule has 0 saturated heterocycles. The number of rotatable bonds is 8. The normalized spacial score (nSPS) is 18.0. The predicted molar refractivity (Wildman–Crippen MR) is 79.6 cm³/mol. The minimum absolute atomic E-state index is 0.532. The molecule has 0 unspecified atom stereocenters. The van der Waals surface area contributed by atoms with Crippen LogP contribution >= 0.6 is 0 Å². The Balaban J connectivity index is 2.13. The van der Waals surface area contributed by atoms with Gasteiger partial charge in [-0.15, -0.1) is 0 Å². The highest BCUT2D eigenvalue weighted by Gasteiger charge is 2.12. The fourth-order valence-electron chi connectivity index (χ4n) is 2.68. The van der Waals surface area contributed by atoms with Gasteiger partial charge >= 0.3 is 0 Å². The van der Waals surface area contributed by atoms with Crippen LogP contribution in [-0.2, 0) is 0 Å². The Bertz CT molecular complexity index is 220. The fraction of sp³-hybridized carbons (Fsp3) is 0.933. The van der Waals surface area contributed by atoms with Crippen molar-refractivity contribution in [3.8, 4) is 0 Å². The van der Waals surface area contributed by atoms with E-state index in [2.05, 4.69) is 12.3 Å². The van der Waals surface area contributed by atoms with Crippen LogP contribution in [0, 0.1) is 0 Å². The number of nitrogens with zero attached hydrogens (tertiary/aromatic N) is 1. The van der Waals surface area contributed by atoms with Gasteiger partial charge in [-0.3, -0.25) is 4.99 Å². The van der Waals surface area contributed by atoms with E-state index in [0.29, 0.717) is 6.04 Å². The lowest BCUT2D eigenvalue weighted by molar-refractivity contribution is 0.441. The van der Waals surface area contributed by atoms with Gasteiger partial charge in [0.2, 0.25) is 0 Å². The molecule has 0 aromatic carbocycles. The first kappa shape index (κ1) is 15.5. The van der Waals surface area contributed by atoms with Gasteiger partial charge in [-0.25, -0.2) is 5.84 Å². The summed E-state index contributed by atoms with van der Waals surface area (Å²) in [6.45, 7) is 2.26. The van der Waals surface area contributed by atoms with Crippen LogP contribution in [0.25, 0.3) is 0 Å². The monoisotopic (exact) mass is 253 g/mol. The summed E-state index contributed by atoms with van der Waals surface area (Å²) in [7, 11) is 0. The third-order valence-electron chi connectivity index (χ3n) is 3.85. The van der Waals surface area contributed by atoms with Crippen LogP contribution in [0.4, 0.5) is 0 Å². The van der Waals surface area contributed by atoms with E-state index in [4.69, 9.17) is 10.8 Å². The fourth-order valence-corrected chi connectivity index (χ4v) is 2.68. The Morgan fingerprint density at radius 3 is 2.39 bits per heavy atom. The molecule has 1 saturated carbocycles. The quantitative estimate of drug-likeness (QED) is 0.226. The summed E-state index contributed by atoms with van der Waals surface area (Å²) in [5.74, 6) is 6.60. The van der Waals surface area contributed by atoms with Crippen LogP contribution in [0.5, 0.6) is 0 Å². The molecule has 0 amide bonds. The van der Waals surface area contributed by atoms with Gasteiger partial charge in [0.05, 0.1) is 6.04 Å². The van der Waals surface area contributed by atoms with E-state index in [1.165, 1.54) is 70.6 Å². The van der Waals surface area contributed by atoms with E-state index in [-0.39, 0.29) is 0 Å². The zero-order valence-electron chi connectivity index (χ0n) is 12.1. The van der Waals surface area contributed by atoms with Crippen molar-refractivity contribution in [2.45, 2.75) is 90.0 Å².